The van der Waals surface area contributed by atoms with Crippen molar-refractivity contribution in [3.63, 3.8) is 0 Å². The van der Waals surface area contributed by atoms with Gasteiger partial charge in [0.15, 0.2) is 0 Å². The summed E-state index contributed by atoms with van der Waals surface area (Å²) in [6.45, 7) is 0. The average molecular weight is 182 g/mol. The Labute approximate surface area is 75.2 Å². The first-order chi connectivity index (χ1) is 5.47. The Hall–Kier alpha value is -0.0800. The van der Waals surface area contributed by atoms with Crippen molar-refractivity contribution in [1.29, 1.82) is 0 Å². The molecule has 1 aromatic rings. The van der Waals surface area contributed by atoms with Crippen LogP contribution in [-0.4, -0.2) is 5.75 Å². The highest BCUT2D eigenvalue weighted by Crippen LogP contribution is 2.37. The van der Waals surface area contributed by atoms with Crippen LogP contribution in [-0.2, 0) is 6.42 Å². The van der Waals surface area contributed by atoms with Crippen molar-refractivity contribution in [3.8, 4) is 0 Å². The Morgan fingerprint density at radius 1 is 1.18 bits per heavy atom. The van der Waals surface area contributed by atoms with Gasteiger partial charge in [-0.25, -0.2) is 0 Å². The Morgan fingerprint density at radius 2 is 2.09 bits per heavy atom. The van der Waals surface area contributed by atoms with E-state index >= 15 is 0 Å². The summed E-state index contributed by atoms with van der Waals surface area (Å²) in [5.41, 5.74) is 1.53. The van der Waals surface area contributed by atoms with Crippen LogP contribution in [0.4, 0.5) is 0 Å². The molecule has 0 aromatic heterocycles. The van der Waals surface area contributed by atoms with E-state index in [1.807, 2.05) is 21.6 Å². The van der Waals surface area contributed by atoms with Crippen LogP contribution in [0.2, 0.25) is 0 Å². The third-order valence-electron chi connectivity index (χ3n) is 1.80. The van der Waals surface area contributed by atoms with Gasteiger partial charge in [0, 0.05) is 10.6 Å². The second-order valence-corrected chi connectivity index (χ2v) is 5.07. The van der Waals surface area contributed by atoms with E-state index in [4.69, 9.17) is 0 Å². The minimum Gasteiger partial charge on any atom is -0.0889 e. The molecule has 0 amide bonds. The third kappa shape index (κ3) is 1.74. The van der Waals surface area contributed by atoms with Crippen molar-refractivity contribution in [3.05, 3.63) is 29.8 Å². The summed E-state index contributed by atoms with van der Waals surface area (Å²) in [6, 6.07) is 8.72. The highest BCUT2D eigenvalue weighted by molar-refractivity contribution is 8.76. The quantitative estimate of drug-likeness (QED) is 0.564. The van der Waals surface area contributed by atoms with Gasteiger partial charge in [0.1, 0.15) is 0 Å². The van der Waals surface area contributed by atoms with Gasteiger partial charge >= 0.3 is 0 Å². The van der Waals surface area contributed by atoms with Crippen molar-refractivity contribution in [2.24, 2.45) is 0 Å². The molecule has 1 aliphatic rings. The topological polar surface area (TPSA) is 0 Å². The average Bonchev–Trinajstić information content (AvgIpc) is 2.28. The van der Waals surface area contributed by atoms with Crippen molar-refractivity contribution >= 4 is 21.6 Å². The first kappa shape index (κ1) is 7.56. The third-order valence-corrected chi connectivity index (χ3v) is 4.34. The van der Waals surface area contributed by atoms with Crippen molar-refractivity contribution in [2.75, 3.05) is 5.75 Å². The summed E-state index contributed by atoms with van der Waals surface area (Å²) in [6.07, 6.45) is 2.59. The highest BCUT2D eigenvalue weighted by atomic mass is 33.1. The van der Waals surface area contributed by atoms with E-state index in [0.29, 0.717) is 0 Å². The zero-order valence-corrected chi connectivity index (χ0v) is 7.88. The molecule has 0 radical (unpaired) electrons. The normalized spacial score (nSPS) is 17.1. The van der Waals surface area contributed by atoms with E-state index in [1.54, 1.807) is 0 Å². The summed E-state index contributed by atoms with van der Waals surface area (Å²) >= 11 is 0. The fourth-order valence-electron chi connectivity index (χ4n) is 1.22. The summed E-state index contributed by atoms with van der Waals surface area (Å²) in [4.78, 5) is 1.47. The number of benzene rings is 1. The molecule has 0 aliphatic carbocycles. The number of hydrogen-bond acceptors (Lipinski definition) is 2. The van der Waals surface area contributed by atoms with E-state index in [-0.39, 0.29) is 0 Å². The van der Waals surface area contributed by atoms with E-state index in [1.165, 1.54) is 29.1 Å². The number of hydrogen-bond donors (Lipinski definition) is 0. The van der Waals surface area contributed by atoms with Gasteiger partial charge < -0.3 is 0 Å². The smallest absolute Gasteiger partial charge is 0.0214 e. The molecule has 1 heterocycles. The van der Waals surface area contributed by atoms with Gasteiger partial charge in [0.25, 0.3) is 0 Å². The number of fused-ring (bicyclic) bond motifs is 1. The second-order valence-electron chi connectivity index (χ2n) is 2.62. The Bertz CT molecular complexity index is 220. The highest BCUT2D eigenvalue weighted by Gasteiger charge is 2.06. The van der Waals surface area contributed by atoms with E-state index in [9.17, 15) is 0 Å². The van der Waals surface area contributed by atoms with Gasteiger partial charge in [0.05, 0.1) is 0 Å². The maximum absolute atomic E-state index is 2.24. The fraction of sp³-hybridized carbons (Fsp3) is 0.333. The molecule has 11 heavy (non-hydrogen) atoms. The summed E-state index contributed by atoms with van der Waals surface area (Å²) < 4.78 is 0. The molecule has 0 N–H and O–H groups in total. The molecule has 0 saturated heterocycles. The molecule has 0 saturated carbocycles. The molecular weight excluding hydrogens is 172 g/mol. The van der Waals surface area contributed by atoms with E-state index < -0.39 is 0 Å². The predicted octanol–water partition coefficient (Wildman–Crippen LogP) is 3.37. The van der Waals surface area contributed by atoms with Gasteiger partial charge in [-0.3, -0.25) is 0 Å². The Morgan fingerprint density at radius 3 is 3.09 bits per heavy atom. The van der Waals surface area contributed by atoms with Crippen LogP contribution >= 0.6 is 21.6 Å². The summed E-state index contributed by atoms with van der Waals surface area (Å²) in [5.74, 6) is 1.29. The predicted molar refractivity (Wildman–Crippen MR) is 53.1 cm³/mol. The SMILES string of the molecule is c1ccc2c(c1)CCCSS2. The Balaban J connectivity index is 2.33. The molecule has 0 bridgehead atoms. The second kappa shape index (κ2) is 3.55. The van der Waals surface area contributed by atoms with Crippen molar-refractivity contribution in [2.45, 2.75) is 17.7 Å². The van der Waals surface area contributed by atoms with Crippen LogP contribution in [0.1, 0.15) is 12.0 Å². The minimum absolute atomic E-state index is 1.26. The molecule has 0 spiro atoms. The molecule has 0 fully saturated rings. The van der Waals surface area contributed by atoms with Gasteiger partial charge in [-0.2, -0.15) is 0 Å². The molecule has 1 aromatic carbocycles. The zero-order chi connectivity index (χ0) is 7.52. The van der Waals surface area contributed by atoms with E-state index in [0.717, 1.165) is 0 Å². The minimum atomic E-state index is 1.26. The lowest BCUT2D eigenvalue weighted by atomic mass is 10.1. The standard InChI is InChI=1S/C9H10S2/c1-2-6-9-8(4-1)5-3-7-10-11-9/h1-2,4,6H,3,5,7H2. The molecule has 2 rings (SSSR count). The van der Waals surface area contributed by atoms with Crippen molar-refractivity contribution in [1.82, 2.24) is 0 Å². The lowest BCUT2D eigenvalue weighted by molar-refractivity contribution is 0.917. The fourth-order valence-corrected chi connectivity index (χ4v) is 3.57. The molecule has 0 atom stereocenters. The van der Waals surface area contributed by atoms with Crippen molar-refractivity contribution < 1.29 is 0 Å². The van der Waals surface area contributed by atoms with Gasteiger partial charge in [0.2, 0.25) is 0 Å². The molecule has 0 nitrogen and oxygen atoms in total. The monoisotopic (exact) mass is 182 g/mol. The van der Waals surface area contributed by atoms with Crippen LogP contribution < -0.4 is 0 Å². The van der Waals surface area contributed by atoms with Crippen LogP contribution in [0.15, 0.2) is 29.2 Å². The maximum atomic E-state index is 2.24. The summed E-state index contributed by atoms with van der Waals surface area (Å²) in [5, 5.41) is 0. The lowest BCUT2D eigenvalue weighted by Gasteiger charge is -2.00. The first-order valence-corrected chi connectivity index (χ1v) is 6.16. The number of aryl methyl sites for hydroxylation is 1. The van der Waals surface area contributed by atoms with Crippen LogP contribution in [0.3, 0.4) is 0 Å². The molecule has 2 heteroatoms. The lowest BCUT2D eigenvalue weighted by Crippen LogP contribution is -1.84. The van der Waals surface area contributed by atoms with Gasteiger partial charge in [-0.15, -0.1) is 0 Å². The van der Waals surface area contributed by atoms with Gasteiger partial charge in [-0.05, 0) is 24.5 Å². The molecule has 0 unspecified atom stereocenters. The first-order valence-electron chi connectivity index (χ1n) is 3.84. The van der Waals surface area contributed by atoms with Gasteiger partial charge in [-0.1, -0.05) is 39.8 Å². The molecular formula is C9H10S2. The number of rotatable bonds is 0. The van der Waals surface area contributed by atoms with Crippen LogP contribution in [0, 0.1) is 0 Å². The maximum Gasteiger partial charge on any atom is 0.0214 e. The zero-order valence-electron chi connectivity index (χ0n) is 6.25. The largest absolute Gasteiger partial charge is 0.0889 e. The van der Waals surface area contributed by atoms with Crippen LogP contribution in [0.5, 0.6) is 0 Å². The Kier molecular flexibility index (Phi) is 2.44. The summed E-state index contributed by atoms with van der Waals surface area (Å²) in [7, 11) is 3.90. The molecule has 1 aliphatic heterocycles. The molecule has 58 valence electrons. The van der Waals surface area contributed by atoms with E-state index in [2.05, 4.69) is 24.3 Å². The van der Waals surface area contributed by atoms with Crippen LogP contribution in [0.25, 0.3) is 0 Å².